The van der Waals surface area contributed by atoms with Crippen LogP contribution in [-0.2, 0) is 6.42 Å². The van der Waals surface area contributed by atoms with Gasteiger partial charge in [-0.05, 0) is 66.0 Å². The maximum Gasteiger partial charge on any atom is 0.122 e. The molecule has 1 fully saturated rings. The van der Waals surface area contributed by atoms with Gasteiger partial charge in [0.15, 0.2) is 0 Å². The summed E-state index contributed by atoms with van der Waals surface area (Å²) in [5, 5.41) is 8.18. The number of benzene rings is 2. The zero-order valence-electron chi connectivity index (χ0n) is 15.4. The van der Waals surface area contributed by atoms with Gasteiger partial charge in [-0.3, -0.25) is 5.84 Å². The average Bonchev–Trinajstić information content (AvgIpc) is 3.24. The van der Waals surface area contributed by atoms with Crippen molar-refractivity contribution in [3.05, 3.63) is 65.0 Å². The molecule has 0 saturated carbocycles. The molecule has 5 nitrogen and oxygen atoms in total. The van der Waals surface area contributed by atoms with E-state index in [9.17, 15) is 0 Å². The Morgan fingerprint density at radius 2 is 2.07 bits per heavy atom. The van der Waals surface area contributed by atoms with Gasteiger partial charge in [-0.25, -0.2) is 5.01 Å². The highest BCUT2D eigenvalue weighted by Crippen LogP contribution is 2.38. The van der Waals surface area contributed by atoms with Crippen molar-refractivity contribution in [2.75, 3.05) is 13.7 Å². The summed E-state index contributed by atoms with van der Waals surface area (Å²) in [5.74, 6) is 7.77. The number of nitrogens with two attached hydrogens (primary N) is 1. The van der Waals surface area contributed by atoms with E-state index in [0.29, 0.717) is 5.92 Å². The van der Waals surface area contributed by atoms with E-state index < -0.39 is 0 Å². The standard InChI is InChI=1S/C21H24N4OS/c1-26-20-10-9-16(19-14-27-24-23-19)12-18(20)13-17-8-5-11-25(22)21(17)15-6-3-2-4-7-15/h2-4,6-7,9-10,12,14,17,21H,5,8,11,13,22H2,1H3/t17-,21+/m0/s1. The van der Waals surface area contributed by atoms with E-state index in [2.05, 4.69) is 46.0 Å². The lowest BCUT2D eigenvalue weighted by Gasteiger charge is -2.39. The zero-order chi connectivity index (χ0) is 18.6. The van der Waals surface area contributed by atoms with Crippen LogP contribution >= 0.6 is 11.5 Å². The number of methoxy groups -OCH3 is 1. The van der Waals surface area contributed by atoms with Gasteiger partial charge in [-0.2, -0.15) is 0 Å². The van der Waals surface area contributed by atoms with E-state index in [1.807, 2.05) is 22.5 Å². The summed E-state index contributed by atoms with van der Waals surface area (Å²) >= 11 is 1.37. The third-order valence-corrected chi connectivity index (χ3v) is 5.86. The monoisotopic (exact) mass is 380 g/mol. The number of rotatable bonds is 5. The summed E-state index contributed by atoms with van der Waals surface area (Å²) in [6.45, 7) is 0.928. The first-order valence-electron chi connectivity index (χ1n) is 9.27. The molecule has 1 aromatic heterocycles. The molecule has 0 aliphatic carbocycles. The maximum absolute atomic E-state index is 6.42. The number of aromatic nitrogens is 2. The molecule has 0 radical (unpaired) electrons. The fourth-order valence-electron chi connectivity index (χ4n) is 4.10. The summed E-state index contributed by atoms with van der Waals surface area (Å²) in [4.78, 5) is 0. The number of hydrogen-bond donors (Lipinski definition) is 1. The zero-order valence-corrected chi connectivity index (χ0v) is 16.2. The van der Waals surface area contributed by atoms with E-state index in [-0.39, 0.29) is 6.04 Å². The van der Waals surface area contributed by atoms with Gasteiger partial charge < -0.3 is 4.74 Å². The maximum atomic E-state index is 6.42. The molecule has 2 N–H and O–H groups in total. The summed E-state index contributed by atoms with van der Waals surface area (Å²) in [5.41, 5.74) is 4.47. The first-order chi connectivity index (χ1) is 13.3. The average molecular weight is 381 g/mol. The van der Waals surface area contributed by atoms with Crippen molar-refractivity contribution < 1.29 is 4.74 Å². The van der Waals surface area contributed by atoms with E-state index >= 15 is 0 Å². The van der Waals surface area contributed by atoms with Crippen LogP contribution in [0.4, 0.5) is 0 Å². The molecule has 4 rings (SSSR count). The molecular weight excluding hydrogens is 356 g/mol. The summed E-state index contributed by atoms with van der Waals surface area (Å²) in [6.07, 6.45) is 3.18. The second kappa shape index (κ2) is 8.17. The van der Waals surface area contributed by atoms with E-state index in [1.165, 1.54) is 22.7 Å². The SMILES string of the molecule is COc1ccc(-c2csnn2)cc1C[C@@H]1CCCN(N)[C@@H]1c1ccccc1. The van der Waals surface area contributed by atoms with Crippen molar-refractivity contribution in [2.24, 2.45) is 11.8 Å². The van der Waals surface area contributed by atoms with Crippen molar-refractivity contribution in [3.63, 3.8) is 0 Å². The normalized spacial score (nSPS) is 20.5. The van der Waals surface area contributed by atoms with Crippen molar-refractivity contribution in [1.82, 2.24) is 14.6 Å². The summed E-state index contributed by atoms with van der Waals surface area (Å²) in [6, 6.07) is 17.1. The molecule has 0 amide bonds. The van der Waals surface area contributed by atoms with Crippen LogP contribution in [0.2, 0.25) is 0 Å². The largest absolute Gasteiger partial charge is 0.496 e. The number of piperidine rings is 1. The van der Waals surface area contributed by atoms with Gasteiger partial charge >= 0.3 is 0 Å². The highest BCUT2D eigenvalue weighted by molar-refractivity contribution is 7.03. The second-order valence-electron chi connectivity index (χ2n) is 7.02. The lowest BCUT2D eigenvalue weighted by Crippen LogP contribution is -2.44. The van der Waals surface area contributed by atoms with E-state index in [0.717, 1.165) is 42.8 Å². The molecule has 0 spiro atoms. The van der Waals surface area contributed by atoms with Crippen LogP contribution in [0, 0.1) is 5.92 Å². The van der Waals surface area contributed by atoms with Crippen LogP contribution in [0.25, 0.3) is 11.3 Å². The number of hydrogen-bond acceptors (Lipinski definition) is 6. The molecule has 3 aromatic rings. The van der Waals surface area contributed by atoms with Crippen LogP contribution in [-0.4, -0.2) is 28.3 Å². The third kappa shape index (κ3) is 3.88. The Hall–Kier alpha value is -2.28. The second-order valence-corrected chi connectivity index (χ2v) is 7.63. The molecule has 0 bridgehead atoms. The molecule has 6 heteroatoms. The third-order valence-electron chi connectivity index (χ3n) is 5.35. The Morgan fingerprint density at radius 3 is 2.81 bits per heavy atom. The van der Waals surface area contributed by atoms with Crippen LogP contribution < -0.4 is 10.6 Å². The molecule has 1 aliphatic heterocycles. The van der Waals surface area contributed by atoms with Gasteiger partial charge in [0.2, 0.25) is 0 Å². The smallest absolute Gasteiger partial charge is 0.122 e. The molecule has 1 saturated heterocycles. The minimum Gasteiger partial charge on any atom is -0.496 e. The Morgan fingerprint density at radius 1 is 1.22 bits per heavy atom. The van der Waals surface area contributed by atoms with Gasteiger partial charge in [-0.1, -0.05) is 34.8 Å². The fraction of sp³-hybridized carbons (Fsp3) is 0.333. The van der Waals surface area contributed by atoms with Crippen LogP contribution in [0.3, 0.4) is 0 Å². The van der Waals surface area contributed by atoms with Crippen molar-refractivity contribution in [1.29, 1.82) is 0 Å². The molecule has 2 atom stereocenters. The van der Waals surface area contributed by atoms with Gasteiger partial charge in [0.25, 0.3) is 0 Å². The Kier molecular flexibility index (Phi) is 5.48. The molecule has 0 unspecified atom stereocenters. The molecule has 2 heterocycles. The predicted molar refractivity (Wildman–Crippen MR) is 108 cm³/mol. The topological polar surface area (TPSA) is 64.3 Å². The molecule has 27 heavy (non-hydrogen) atoms. The minimum atomic E-state index is 0.217. The summed E-state index contributed by atoms with van der Waals surface area (Å²) in [7, 11) is 1.73. The van der Waals surface area contributed by atoms with Gasteiger partial charge in [0.05, 0.1) is 13.2 Å². The molecule has 1 aliphatic rings. The van der Waals surface area contributed by atoms with Crippen LogP contribution in [0.1, 0.15) is 30.0 Å². The minimum absolute atomic E-state index is 0.217. The number of ether oxygens (including phenoxy) is 1. The van der Waals surface area contributed by atoms with Crippen molar-refractivity contribution in [2.45, 2.75) is 25.3 Å². The molecule has 2 aromatic carbocycles. The lowest BCUT2D eigenvalue weighted by molar-refractivity contribution is 0.0923. The number of nitrogens with zero attached hydrogens (tertiary/aromatic N) is 3. The highest BCUT2D eigenvalue weighted by Gasteiger charge is 2.31. The first-order valence-corrected chi connectivity index (χ1v) is 10.1. The van der Waals surface area contributed by atoms with Crippen molar-refractivity contribution >= 4 is 11.5 Å². The van der Waals surface area contributed by atoms with Crippen LogP contribution in [0.5, 0.6) is 5.75 Å². The quantitative estimate of drug-likeness (QED) is 0.676. The molecule has 140 valence electrons. The first kappa shape index (κ1) is 18.1. The predicted octanol–water partition coefficient (Wildman–Crippen LogP) is 4.08. The van der Waals surface area contributed by atoms with Crippen molar-refractivity contribution in [3.8, 4) is 17.0 Å². The lowest BCUT2D eigenvalue weighted by atomic mass is 9.81. The Bertz CT molecular complexity index is 869. The highest BCUT2D eigenvalue weighted by atomic mass is 32.1. The van der Waals surface area contributed by atoms with Gasteiger partial charge in [-0.15, -0.1) is 5.10 Å². The fourth-order valence-corrected chi connectivity index (χ4v) is 4.57. The van der Waals surface area contributed by atoms with Gasteiger partial charge in [0, 0.05) is 17.5 Å². The molecular formula is C21H24N4OS. The number of hydrazine groups is 1. The van der Waals surface area contributed by atoms with E-state index in [4.69, 9.17) is 10.6 Å². The Balaban J connectivity index is 1.66. The summed E-state index contributed by atoms with van der Waals surface area (Å²) < 4.78 is 9.63. The Labute approximate surface area is 163 Å². The van der Waals surface area contributed by atoms with Gasteiger partial charge in [0.1, 0.15) is 11.4 Å². The van der Waals surface area contributed by atoms with Crippen LogP contribution in [0.15, 0.2) is 53.9 Å². The van der Waals surface area contributed by atoms with E-state index in [1.54, 1.807) is 7.11 Å².